The summed E-state index contributed by atoms with van der Waals surface area (Å²) in [5.41, 5.74) is -3.12. The van der Waals surface area contributed by atoms with Crippen LogP contribution in [0, 0.1) is 0 Å². The second-order valence-corrected chi connectivity index (χ2v) is 20.6. The normalized spacial score (nSPS) is 30.5. The summed E-state index contributed by atoms with van der Waals surface area (Å²) in [5, 5.41) is 0. The molecule has 4 saturated heterocycles. The summed E-state index contributed by atoms with van der Waals surface area (Å²) in [4.78, 5) is 0. The Morgan fingerprint density at radius 3 is 0.926 bits per heavy atom. The molecule has 0 saturated carbocycles. The molecule has 4 rings (SSSR count). The van der Waals surface area contributed by atoms with Crippen LogP contribution in [0.2, 0.25) is 0 Å². The van der Waals surface area contributed by atoms with Crippen LogP contribution in [0.15, 0.2) is 0 Å². The van der Waals surface area contributed by atoms with Crippen LogP contribution < -0.4 is 51.4 Å². The minimum absolute atomic E-state index is 0. The third kappa shape index (κ3) is 10.2. The molecule has 0 spiro atoms. The molecule has 6 atom stereocenters. The Kier molecular flexibility index (Phi) is 19.9. The van der Waals surface area contributed by atoms with E-state index in [-0.39, 0.29) is 118 Å². The van der Waals surface area contributed by atoms with Crippen LogP contribution in [-0.2, 0) is 43.9 Å². The first-order valence-electron chi connectivity index (χ1n) is 21.4. The third-order valence-electron chi connectivity index (χ3n) is 13.6. The molecule has 14 heteroatoms. The molecule has 4 heterocycles. The topological polar surface area (TPSA) is 155 Å². The molecule has 6 unspecified atom stereocenters. The van der Waals surface area contributed by atoms with E-state index in [1.807, 2.05) is 0 Å². The van der Waals surface area contributed by atoms with E-state index in [1.54, 1.807) is 0 Å². The van der Waals surface area contributed by atoms with Crippen LogP contribution in [0.25, 0.3) is 0 Å². The molecule has 0 aromatic carbocycles. The number of rotatable bonds is 30. The summed E-state index contributed by atoms with van der Waals surface area (Å²) in [5.74, 6) is -3.28. The third-order valence-corrected chi connectivity index (χ3v) is 16.9. The van der Waals surface area contributed by atoms with Crippen molar-refractivity contribution in [1.29, 1.82) is 0 Å². The number of ether oxygens (including phenoxy) is 5. The Morgan fingerprint density at radius 2 is 0.741 bits per heavy atom. The summed E-state index contributed by atoms with van der Waals surface area (Å²) in [6.45, 7) is 8.53. The predicted molar refractivity (Wildman–Crippen MR) is 208 cm³/mol. The van der Waals surface area contributed by atoms with Crippen molar-refractivity contribution in [3.8, 4) is 0 Å². The van der Waals surface area contributed by atoms with Gasteiger partial charge in [-0.1, -0.05) is 142 Å². The minimum atomic E-state index is -4.70. The van der Waals surface area contributed by atoms with Crippen LogP contribution in [-0.4, -0.2) is 84.6 Å². The van der Waals surface area contributed by atoms with E-state index in [9.17, 15) is 25.9 Å². The molecule has 314 valence electrons. The molecule has 4 aliphatic rings. The van der Waals surface area contributed by atoms with Gasteiger partial charge in [-0.2, -0.15) is 16.8 Å². The maximum absolute atomic E-state index is 13.4. The number of hydrogen-bond acceptors (Lipinski definition) is 9. The predicted octanol–water partition coefficient (Wildman–Crippen LogP) is 6.59. The average Bonchev–Trinajstić information content (AvgIpc) is 3.01. The number of unbranched alkanes of at least 4 members (excludes halogenated alkanes) is 18. The van der Waals surface area contributed by atoms with Gasteiger partial charge in [-0.25, -0.2) is 0 Å². The summed E-state index contributed by atoms with van der Waals surface area (Å²) in [6.07, 6.45) is 23.0. The first kappa shape index (κ1) is 49.6. The first-order chi connectivity index (χ1) is 25.2. The van der Waals surface area contributed by atoms with Gasteiger partial charge in [0.25, 0.3) is 20.2 Å². The van der Waals surface area contributed by atoms with Crippen LogP contribution in [0.1, 0.15) is 196 Å². The fourth-order valence-electron chi connectivity index (χ4n) is 9.64. The molecule has 11 nitrogen and oxygen atoms in total. The second-order valence-electron chi connectivity index (χ2n) is 16.9. The largest absolute Gasteiger partial charge is 1.00 e. The molecular weight excluding hydrogens is 760 g/mol. The summed E-state index contributed by atoms with van der Waals surface area (Å²) >= 11 is 0. The molecule has 54 heavy (non-hydrogen) atoms. The van der Waals surface area contributed by atoms with E-state index in [4.69, 9.17) is 23.7 Å². The molecule has 4 aliphatic heterocycles. The van der Waals surface area contributed by atoms with Crippen molar-refractivity contribution in [2.24, 2.45) is 0 Å². The molecule has 0 amide bonds. The first-order valence-corrected chi connectivity index (χ1v) is 24.2. The van der Waals surface area contributed by atoms with Gasteiger partial charge in [-0.15, -0.1) is 0 Å². The van der Waals surface area contributed by atoms with Crippen LogP contribution in [0.5, 0.6) is 0 Å². The average molecular weight is 835 g/mol. The van der Waals surface area contributed by atoms with Crippen LogP contribution in [0.3, 0.4) is 0 Å². The maximum Gasteiger partial charge on any atom is 1.00 e. The van der Waals surface area contributed by atoms with E-state index in [1.165, 1.54) is 78.1 Å². The standard InChI is InChI=1S/C40H74O11S2.K.H/c1-5-7-9-11-13-15-17-19-21-23-25-35(3,52(41,42)43)37(27-31-47-37)39(29-33-49-39)51-40(30-34-50-40)38(28-32-48-38)36(4,53(44,45)46)26-24-22-20-18-16-14-12-10-8-6-2;;/h5-34H2,1-4H3,(H,41,42,43)(H,44,45,46);;/q;+1;-1. The maximum atomic E-state index is 13.4. The molecule has 0 radical (unpaired) electrons. The Morgan fingerprint density at radius 1 is 0.500 bits per heavy atom. The molecule has 0 aliphatic carbocycles. The van der Waals surface area contributed by atoms with Crippen LogP contribution >= 0.6 is 0 Å². The van der Waals surface area contributed by atoms with Gasteiger partial charge in [0.15, 0.2) is 0 Å². The second kappa shape index (κ2) is 21.7. The molecule has 4 fully saturated rings. The Bertz CT molecular complexity index is 1230. The molecule has 0 bridgehead atoms. The monoisotopic (exact) mass is 834 g/mol. The van der Waals surface area contributed by atoms with Crippen molar-refractivity contribution < 1.29 is 102 Å². The zero-order chi connectivity index (χ0) is 38.7. The van der Waals surface area contributed by atoms with Crippen molar-refractivity contribution in [2.75, 3.05) is 26.4 Å². The van der Waals surface area contributed by atoms with E-state index < -0.39 is 52.5 Å². The van der Waals surface area contributed by atoms with E-state index in [0.717, 1.165) is 51.4 Å². The van der Waals surface area contributed by atoms with Gasteiger partial charge in [0.05, 0.1) is 26.4 Å². The summed E-state index contributed by atoms with van der Waals surface area (Å²) in [7, 11) is -9.39. The fourth-order valence-corrected chi connectivity index (χ4v) is 11.9. The van der Waals surface area contributed by atoms with Gasteiger partial charge < -0.3 is 25.1 Å². The van der Waals surface area contributed by atoms with E-state index in [0.29, 0.717) is 12.8 Å². The Hall–Kier alpha value is 1.26. The SMILES string of the molecule is CCCCCCCCCCCCC(C)(C1(C2(OC3(C4(C(C)(CCCCCCCCCCCC)S(=O)(=O)O)CCO4)CCO3)CCO2)CCO1)S(=O)(=O)O.[H-].[K+]. The van der Waals surface area contributed by atoms with Crippen LogP contribution in [0.4, 0.5) is 0 Å². The van der Waals surface area contributed by atoms with Gasteiger partial charge in [-0.3, -0.25) is 9.11 Å². The minimum Gasteiger partial charge on any atom is -1.00 e. The summed E-state index contributed by atoms with van der Waals surface area (Å²) < 4.78 is 104. The Balaban J connectivity index is 0.00000523. The quantitative estimate of drug-likeness (QED) is 0.0458. The van der Waals surface area contributed by atoms with Gasteiger partial charge in [0.1, 0.15) is 20.7 Å². The van der Waals surface area contributed by atoms with Gasteiger partial charge in [0.2, 0.25) is 11.6 Å². The van der Waals surface area contributed by atoms with Gasteiger partial charge >= 0.3 is 51.4 Å². The summed E-state index contributed by atoms with van der Waals surface area (Å²) in [6, 6.07) is 0. The van der Waals surface area contributed by atoms with Crippen molar-refractivity contribution in [1.82, 2.24) is 0 Å². The smallest absolute Gasteiger partial charge is 1.00 e. The molecular formula is C40H75KO11S2. The van der Waals surface area contributed by atoms with Gasteiger partial charge in [-0.05, 0) is 26.7 Å². The van der Waals surface area contributed by atoms with E-state index in [2.05, 4.69) is 13.8 Å². The zero-order valence-electron chi connectivity index (χ0n) is 35.6. The Labute approximate surface area is 372 Å². The number of hydrogen-bond donors (Lipinski definition) is 2. The van der Waals surface area contributed by atoms with Crippen molar-refractivity contribution in [3.05, 3.63) is 0 Å². The van der Waals surface area contributed by atoms with Crippen molar-refractivity contribution in [2.45, 2.75) is 227 Å². The van der Waals surface area contributed by atoms with Crippen molar-refractivity contribution in [3.63, 3.8) is 0 Å². The zero-order valence-corrected chi connectivity index (χ0v) is 39.4. The van der Waals surface area contributed by atoms with Crippen molar-refractivity contribution >= 4 is 20.2 Å². The van der Waals surface area contributed by atoms with E-state index >= 15 is 0 Å². The molecule has 0 aromatic heterocycles. The molecule has 0 aromatic rings. The molecule has 2 N–H and O–H groups in total. The fraction of sp³-hybridized carbons (Fsp3) is 1.00. The van der Waals surface area contributed by atoms with Gasteiger partial charge in [0, 0.05) is 25.7 Å².